The van der Waals surface area contributed by atoms with Crippen LogP contribution in [0.4, 0.5) is 13.2 Å². The molecule has 1 N–H and O–H groups in total. The third-order valence-electron chi connectivity index (χ3n) is 2.51. The van der Waals surface area contributed by atoms with E-state index in [1.165, 1.54) is 24.3 Å². The van der Waals surface area contributed by atoms with Crippen LogP contribution in [0.3, 0.4) is 0 Å². The zero-order valence-corrected chi connectivity index (χ0v) is 10.2. The number of hydrogen-bond donors (Lipinski definition) is 1. The van der Waals surface area contributed by atoms with Crippen LogP contribution in [0.25, 0.3) is 0 Å². The van der Waals surface area contributed by atoms with Gasteiger partial charge in [0.2, 0.25) is 0 Å². The maximum atomic E-state index is 13.1. The lowest BCUT2D eigenvalue weighted by molar-refractivity contribution is 0.454. The molecule has 0 aromatic heterocycles. The summed E-state index contributed by atoms with van der Waals surface area (Å²) in [7, 11) is 1.71. The topological polar surface area (TPSA) is 21.3 Å². The number of nitrogens with one attached hydrogen (secondary N) is 1. The van der Waals surface area contributed by atoms with E-state index >= 15 is 0 Å². The van der Waals surface area contributed by atoms with E-state index in [0.29, 0.717) is 17.9 Å². The van der Waals surface area contributed by atoms with Crippen molar-refractivity contribution in [2.45, 2.75) is 6.54 Å². The quantitative estimate of drug-likeness (QED) is 0.913. The number of hydrogen-bond acceptors (Lipinski definition) is 2. The fourth-order valence-electron chi connectivity index (χ4n) is 1.64. The molecule has 5 heteroatoms. The Morgan fingerprint density at radius 2 is 1.79 bits per heavy atom. The van der Waals surface area contributed by atoms with E-state index in [0.717, 1.165) is 12.1 Å². The Bertz CT molecular complexity index is 587. The Labute approximate surface area is 108 Å². The van der Waals surface area contributed by atoms with Crippen molar-refractivity contribution in [2.75, 3.05) is 7.05 Å². The fourth-order valence-corrected chi connectivity index (χ4v) is 1.64. The van der Waals surface area contributed by atoms with Gasteiger partial charge in [0.05, 0.1) is 0 Å². The number of rotatable bonds is 4. The van der Waals surface area contributed by atoms with Crippen LogP contribution >= 0.6 is 0 Å². The van der Waals surface area contributed by atoms with Gasteiger partial charge in [0, 0.05) is 18.2 Å². The molecule has 0 saturated carbocycles. The molecular formula is C14H12F3NO. The molecule has 0 bridgehead atoms. The average Bonchev–Trinajstić information content (AvgIpc) is 2.37. The predicted molar refractivity (Wildman–Crippen MR) is 65.6 cm³/mol. The molecule has 0 aliphatic rings. The molecule has 100 valence electrons. The van der Waals surface area contributed by atoms with Crippen molar-refractivity contribution in [1.82, 2.24) is 5.32 Å². The smallest absolute Gasteiger partial charge is 0.162 e. The summed E-state index contributed by atoms with van der Waals surface area (Å²) in [5.74, 6) is -1.77. The number of halogens is 3. The van der Waals surface area contributed by atoms with E-state index in [2.05, 4.69) is 5.32 Å². The van der Waals surface area contributed by atoms with E-state index in [1.54, 1.807) is 7.05 Å². The molecule has 0 saturated heterocycles. The monoisotopic (exact) mass is 267 g/mol. The van der Waals surface area contributed by atoms with Gasteiger partial charge in [0.1, 0.15) is 17.3 Å². The second-order valence-electron chi connectivity index (χ2n) is 3.96. The van der Waals surface area contributed by atoms with Crippen LogP contribution in [0.2, 0.25) is 0 Å². The van der Waals surface area contributed by atoms with Crippen molar-refractivity contribution in [3.05, 3.63) is 59.4 Å². The molecule has 2 nitrogen and oxygen atoms in total. The highest BCUT2D eigenvalue weighted by molar-refractivity contribution is 5.38. The molecule has 0 amide bonds. The van der Waals surface area contributed by atoms with E-state index < -0.39 is 11.6 Å². The largest absolute Gasteiger partial charge is 0.457 e. The highest BCUT2D eigenvalue weighted by Gasteiger charge is 2.08. The highest BCUT2D eigenvalue weighted by Crippen LogP contribution is 2.27. The molecule has 0 radical (unpaired) electrons. The van der Waals surface area contributed by atoms with Crippen molar-refractivity contribution < 1.29 is 17.9 Å². The first-order valence-electron chi connectivity index (χ1n) is 5.66. The first-order chi connectivity index (χ1) is 9.10. The van der Waals surface area contributed by atoms with Gasteiger partial charge in [0.15, 0.2) is 11.6 Å². The summed E-state index contributed by atoms with van der Waals surface area (Å²) in [6.07, 6.45) is 0. The molecule has 0 spiro atoms. The van der Waals surface area contributed by atoms with Crippen LogP contribution in [0.5, 0.6) is 11.5 Å². The van der Waals surface area contributed by atoms with Crippen LogP contribution in [0.15, 0.2) is 36.4 Å². The fraction of sp³-hybridized carbons (Fsp3) is 0.143. The summed E-state index contributed by atoms with van der Waals surface area (Å²) in [4.78, 5) is 0. The Morgan fingerprint density at radius 3 is 2.47 bits per heavy atom. The molecular weight excluding hydrogens is 255 g/mol. The van der Waals surface area contributed by atoms with Gasteiger partial charge in [-0.25, -0.2) is 13.2 Å². The lowest BCUT2D eigenvalue weighted by Gasteiger charge is -2.11. The van der Waals surface area contributed by atoms with Crippen LogP contribution in [-0.2, 0) is 6.54 Å². The summed E-state index contributed by atoms with van der Waals surface area (Å²) >= 11 is 0. The number of benzene rings is 2. The van der Waals surface area contributed by atoms with E-state index in [4.69, 9.17) is 4.74 Å². The van der Waals surface area contributed by atoms with Crippen LogP contribution in [-0.4, -0.2) is 7.05 Å². The summed E-state index contributed by atoms with van der Waals surface area (Å²) in [5.41, 5.74) is 0.590. The van der Waals surface area contributed by atoms with Crippen molar-refractivity contribution in [1.29, 1.82) is 0 Å². The molecule has 0 fully saturated rings. The van der Waals surface area contributed by atoms with Crippen molar-refractivity contribution in [3.63, 3.8) is 0 Å². The molecule has 0 aliphatic carbocycles. The zero-order valence-electron chi connectivity index (χ0n) is 10.2. The van der Waals surface area contributed by atoms with Gasteiger partial charge in [0.25, 0.3) is 0 Å². The van der Waals surface area contributed by atoms with Crippen molar-refractivity contribution >= 4 is 0 Å². The first kappa shape index (κ1) is 13.4. The molecule has 0 heterocycles. The van der Waals surface area contributed by atoms with Crippen molar-refractivity contribution in [2.24, 2.45) is 0 Å². The summed E-state index contributed by atoms with van der Waals surface area (Å²) < 4.78 is 44.4. The zero-order chi connectivity index (χ0) is 13.8. The lowest BCUT2D eigenvalue weighted by Crippen LogP contribution is -2.06. The Balaban J connectivity index is 2.29. The minimum Gasteiger partial charge on any atom is -0.457 e. The Hall–Kier alpha value is -2.01. The summed E-state index contributed by atoms with van der Waals surface area (Å²) in [6.45, 7) is 0.400. The normalized spacial score (nSPS) is 10.5. The Morgan fingerprint density at radius 1 is 1.00 bits per heavy atom. The molecule has 0 atom stereocenters. The third kappa shape index (κ3) is 3.26. The van der Waals surface area contributed by atoms with Crippen LogP contribution < -0.4 is 10.1 Å². The van der Waals surface area contributed by atoms with Gasteiger partial charge in [-0.3, -0.25) is 0 Å². The third-order valence-corrected chi connectivity index (χ3v) is 2.51. The highest BCUT2D eigenvalue weighted by atomic mass is 19.2. The Kier molecular flexibility index (Phi) is 4.06. The van der Waals surface area contributed by atoms with Gasteiger partial charge < -0.3 is 10.1 Å². The van der Waals surface area contributed by atoms with Gasteiger partial charge >= 0.3 is 0 Å². The van der Waals surface area contributed by atoms with Gasteiger partial charge in [-0.15, -0.1) is 0 Å². The molecule has 2 rings (SSSR count). The maximum absolute atomic E-state index is 13.1. The van der Waals surface area contributed by atoms with Crippen molar-refractivity contribution in [3.8, 4) is 11.5 Å². The molecule has 2 aromatic carbocycles. The van der Waals surface area contributed by atoms with Gasteiger partial charge in [-0.05, 0) is 37.4 Å². The molecule has 0 unspecified atom stereocenters. The average molecular weight is 267 g/mol. The van der Waals surface area contributed by atoms with E-state index in [-0.39, 0.29) is 11.6 Å². The standard InChI is InChI=1S/C14H12F3NO/c1-18-8-9-6-10(15)2-5-14(9)19-11-3-4-12(16)13(17)7-11/h2-7,18H,8H2,1H3. The summed E-state index contributed by atoms with van der Waals surface area (Å²) in [6, 6.07) is 7.25. The van der Waals surface area contributed by atoms with E-state index in [1.807, 2.05) is 0 Å². The molecule has 2 aromatic rings. The minimum atomic E-state index is -0.991. The molecule has 19 heavy (non-hydrogen) atoms. The van der Waals surface area contributed by atoms with Crippen LogP contribution in [0.1, 0.15) is 5.56 Å². The maximum Gasteiger partial charge on any atom is 0.162 e. The van der Waals surface area contributed by atoms with Crippen LogP contribution in [0, 0.1) is 17.5 Å². The second-order valence-corrected chi connectivity index (χ2v) is 3.96. The molecule has 0 aliphatic heterocycles. The van der Waals surface area contributed by atoms with E-state index in [9.17, 15) is 13.2 Å². The van der Waals surface area contributed by atoms with Gasteiger partial charge in [-0.2, -0.15) is 0 Å². The van der Waals surface area contributed by atoms with Gasteiger partial charge in [-0.1, -0.05) is 0 Å². The summed E-state index contributed by atoms with van der Waals surface area (Å²) in [5, 5.41) is 2.88. The number of ether oxygens (including phenoxy) is 1. The minimum absolute atomic E-state index is 0.155. The first-order valence-corrected chi connectivity index (χ1v) is 5.66. The SMILES string of the molecule is CNCc1cc(F)ccc1Oc1ccc(F)c(F)c1. The predicted octanol–water partition coefficient (Wildman–Crippen LogP) is 3.62. The lowest BCUT2D eigenvalue weighted by atomic mass is 10.2. The second kappa shape index (κ2) is 5.75.